The summed E-state index contributed by atoms with van der Waals surface area (Å²) in [4.78, 5) is 18.1. The fourth-order valence-electron chi connectivity index (χ4n) is 2.67. The van der Waals surface area contributed by atoms with Gasteiger partial charge >= 0.3 is 6.18 Å². The highest BCUT2D eigenvalue weighted by atomic mass is 19.4. The van der Waals surface area contributed by atoms with Crippen molar-refractivity contribution in [1.82, 2.24) is 24.8 Å². The van der Waals surface area contributed by atoms with Crippen LogP contribution in [0.4, 0.5) is 19.0 Å². The Balaban J connectivity index is 2.00. The van der Waals surface area contributed by atoms with Crippen LogP contribution in [0.15, 0.2) is 6.33 Å². The van der Waals surface area contributed by atoms with Crippen molar-refractivity contribution in [2.45, 2.75) is 19.5 Å². The Hall–Kier alpha value is -1.90. The van der Waals surface area contributed by atoms with Crippen molar-refractivity contribution in [2.24, 2.45) is 0 Å². The summed E-state index contributed by atoms with van der Waals surface area (Å²) in [5, 5.41) is 0. The molecule has 3 rings (SSSR count). The predicted molar refractivity (Wildman–Crippen MR) is 75.6 cm³/mol. The minimum absolute atomic E-state index is 0.0499. The quantitative estimate of drug-likeness (QED) is 0.917. The first kappa shape index (κ1) is 15.0. The molecule has 0 atom stereocenters. The van der Waals surface area contributed by atoms with Crippen molar-refractivity contribution in [1.29, 1.82) is 0 Å². The number of imidazole rings is 1. The van der Waals surface area contributed by atoms with E-state index in [1.54, 1.807) is 0 Å². The van der Waals surface area contributed by atoms with Crippen molar-refractivity contribution < 1.29 is 13.2 Å². The third-order valence-corrected chi connectivity index (χ3v) is 3.86. The maximum atomic E-state index is 13.0. The van der Waals surface area contributed by atoms with E-state index in [-0.39, 0.29) is 11.5 Å². The van der Waals surface area contributed by atoms with E-state index in [9.17, 15) is 13.2 Å². The number of hydrogen-bond acceptors (Lipinski definition) is 5. The molecule has 6 nitrogen and oxygen atoms in total. The maximum absolute atomic E-state index is 13.0. The summed E-state index contributed by atoms with van der Waals surface area (Å²) in [5.41, 5.74) is 0.506. The molecule has 9 heteroatoms. The van der Waals surface area contributed by atoms with Crippen LogP contribution in [0.2, 0.25) is 0 Å². The molecule has 0 spiro atoms. The van der Waals surface area contributed by atoms with Gasteiger partial charge in [-0.25, -0.2) is 15.0 Å². The SMILES string of the molecule is CCN1CCCN(c2nc(C(F)(F)F)nc3nc[nH]c23)CC1. The topological polar surface area (TPSA) is 60.9 Å². The lowest BCUT2D eigenvalue weighted by Gasteiger charge is -2.23. The molecule has 1 saturated heterocycles. The molecule has 2 aromatic heterocycles. The molecule has 1 N–H and O–H groups in total. The molecule has 1 aliphatic heterocycles. The maximum Gasteiger partial charge on any atom is 0.451 e. The number of halogens is 3. The fraction of sp³-hybridized carbons (Fsp3) is 0.615. The van der Waals surface area contributed by atoms with E-state index in [0.717, 1.165) is 26.1 Å². The summed E-state index contributed by atoms with van der Waals surface area (Å²) in [5.74, 6) is -0.855. The molecular formula is C13H17F3N6. The molecule has 1 fully saturated rings. The first-order valence-electron chi connectivity index (χ1n) is 7.24. The van der Waals surface area contributed by atoms with Crippen LogP contribution in [0.1, 0.15) is 19.2 Å². The molecule has 120 valence electrons. The molecule has 0 saturated carbocycles. The van der Waals surface area contributed by atoms with Crippen LogP contribution in [0.5, 0.6) is 0 Å². The molecule has 0 aromatic carbocycles. The van der Waals surface area contributed by atoms with Gasteiger partial charge < -0.3 is 14.8 Å². The first-order valence-corrected chi connectivity index (χ1v) is 7.24. The Labute approximate surface area is 125 Å². The van der Waals surface area contributed by atoms with Crippen molar-refractivity contribution in [3.8, 4) is 0 Å². The molecular weight excluding hydrogens is 297 g/mol. The summed E-state index contributed by atoms with van der Waals surface area (Å²) in [6.07, 6.45) is -2.35. The van der Waals surface area contributed by atoms with E-state index in [4.69, 9.17) is 0 Å². The molecule has 1 aliphatic rings. The number of anilines is 1. The van der Waals surface area contributed by atoms with Gasteiger partial charge in [-0.3, -0.25) is 0 Å². The summed E-state index contributed by atoms with van der Waals surface area (Å²) in [7, 11) is 0. The van der Waals surface area contributed by atoms with Gasteiger partial charge in [0.1, 0.15) is 5.52 Å². The van der Waals surface area contributed by atoms with E-state index < -0.39 is 12.0 Å². The minimum atomic E-state index is -4.58. The number of aromatic nitrogens is 4. The number of aromatic amines is 1. The lowest BCUT2D eigenvalue weighted by molar-refractivity contribution is -0.144. The Morgan fingerprint density at radius 1 is 1.18 bits per heavy atom. The van der Waals surface area contributed by atoms with Crippen LogP contribution in [0, 0.1) is 0 Å². The minimum Gasteiger partial charge on any atom is -0.353 e. The van der Waals surface area contributed by atoms with Crippen molar-refractivity contribution >= 4 is 17.0 Å². The Morgan fingerprint density at radius 2 is 2.00 bits per heavy atom. The van der Waals surface area contributed by atoms with Gasteiger partial charge in [-0.15, -0.1) is 0 Å². The molecule has 0 bridgehead atoms. The van der Waals surface area contributed by atoms with Crippen LogP contribution < -0.4 is 4.90 Å². The second-order valence-electron chi connectivity index (χ2n) is 5.24. The Morgan fingerprint density at radius 3 is 2.73 bits per heavy atom. The molecule has 0 radical (unpaired) electrons. The lowest BCUT2D eigenvalue weighted by Crippen LogP contribution is -2.31. The normalized spacial score (nSPS) is 17.9. The van der Waals surface area contributed by atoms with Gasteiger partial charge in [0, 0.05) is 19.6 Å². The number of nitrogens with one attached hydrogen (secondary N) is 1. The summed E-state index contributed by atoms with van der Waals surface area (Å²) >= 11 is 0. The van der Waals surface area contributed by atoms with Gasteiger partial charge in [0.2, 0.25) is 5.82 Å². The highest BCUT2D eigenvalue weighted by Gasteiger charge is 2.36. The van der Waals surface area contributed by atoms with E-state index in [1.807, 2.05) is 4.90 Å². The van der Waals surface area contributed by atoms with Gasteiger partial charge in [0.05, 0.1) is 6.33 Å². The summed E-state index contributed by atoms with van der Waals surface area (Å²) in [6.45, 7) is 6.06. The number of H-pyrrole nitrogens is 1. The Kier molecular flexibility index (Phi) is 3.90. The zero-order chi connectivity index (χ0) is 15.7. The van der Waals surface area contributed by atoms with E-state index in [2.05, 4.69) is 31.8 Å². The first-order chi connectivity index (χ1) is 10.5. The monoisotopic (exact) mass is 314 g/mol. The molecule has 0 amide bonds. The van der Waals surface area contributed by atoms with Gasteiger partial charge in [-0.05, 0) is 19.5 Å². The average molecular weight is 314 g/mol. The average Bonchev–Trinajstić information content (AvgIpc) is 2.82. The van der Waals surface area contributed by atoms with Crippen LogP contribution in [-0.2, 0) is 6.18 Å². The summed E-state index contributed by atoms with van der Waals surface area (Å²) < 4.78 is 38.9. The van der Waals surface area contributed by atoms with Gasteiger partial charge in [0.25, 0.3) is 0 Å². The van der Waals surface area contributed by atoms with Crippen LogP contribution >= 0.6 is 0 Å². The van der Waals surface area contributed by atoms with Crippen LogP contribution in [-0.4, -0.2) is 57.6 Å². The fourth-order valence-corrected chi connectivity index (χ4v) is 2.67. The second-order valence-corrected chi connectivity index (χ2v) is 5.24. The van der Waals surface area contributed by atoms with Crippen LogP contribution in [0.3, 0.4) is 0 Å². The third kappa shape index (κ3) is 2.85. The number of likely N-dealkylation sites (N-methyl/N-ethyl adjacent to an activating group) is 1. The van der Waals surface area contributed by atoms with E-state index in [1.165, 1.54) is 6.33 Å². The molecule has 22 heavy (non-hydrogen) atoms. The predicted octanol–water partition coefficient (Wildman–Crippen LogP) is 1.90. The zero-order valence-corrected chi connectivity index (χ0v) is 12.2. The summed E-state index contributed by atoms with van der Waals surface area (Å²) in [6, 6.07) is 0. The zero-order valence-electron chi connectivity index (χ0n) is 12.2. The van der Waals surface area contributed by atoms with Gasteiger partial charge in [0.15, 0.2) is 11.5 Å². The number of nitrogens with zero attached hydrogens (tertiary/aromatic N) is 5. The van der Waals surface area contributed by atoms with Crippen molar-refractivity contribution in [3.63, 3.8) is 0 Å². The van der Waals surface area contributed by atoms with E-state index >= 15 is 0 Å². The van der Waals surface area contributed by atoms with Gasteiger partial charge in [-0.2, -0.15) is 13.2 Å². The molecule has 0 aliphatic carbocycles. The van der Waals surface area contributed by atoms with Crippen LogP contribution in [0.25, 0.3) is 11.2 Å². The lowest BCUT2D eigenvalue weighted by atomic mass is 10.3. The second kappa shape index (κ2) is 5.71. The number of rotatable bonds is 2. The van der Waals surface area contributed by atoms with Crippen molar-refractivity contribution in [3.05, 3.63) is 12.2 Å². The number of fused-ring (bicyclic) bond motifs is 1. The van der Waals surface area contributed by atoms with Gasteiger partial charge in [-0.1, -0.05) is 6.92 Å². The molecule has 3 heterocycles. The molecule has 2 aromatic rings. The van der Waals surface area contributed by atoms with E-state index in [0.29, 0.717) is 18.6 Å². The standard InChI is InChI=1S/C13H17F3N6/c1-2-21-4-3-5-22(7-6-21)11-9-10(18-8-17-9)19-12(20-11)13(14,15)16/h8H,2-7H2,1H3,(H,17,18,19,20). The highest BCUT2D eigenvalue weighted by Crippen LogP contribution is 2.30. The number of hydrogen-bond donors (Lipinski definition) is 1. The number of alkyl halides is 3. The third-order valence-electron chi connectivity index (χ3n) is 3.86. The largest absolute Gasteiger partial charge is 0.451 e. The Bertz CT molecular complexity index is 653. The molecule has 0 unspecified atom stereocenters. The highest BCUT2D eigenvalue weighted by molar-refractivity contribution is 5.83. The van der Waals surface area contributed by atoms with Crippen molar-refractivity contribution in [2.75, 3.05) is 37.6 Å². The smallest absolute Gasteiger partial charge is 0.353 e.